The molecule has 0 heterocycles. The van der Waals surface area contributed by atoms with Crippen LogP contribution in [0, 0.1) is 0 Å². The maximum atomic E-state index is 6.50. The van der Waals surface area contributed by atoms with Crippen molar-refractivity contribution >= 4 is 12.2 Å². The fraction of sp³-hybridized carbons (Fsp3) is 0.125. The molecule has 2 atom stereocenters. The van der Waals surface area contributed by atoms with Crippen LogP contribution < -0.4 is 20.9 Å². The van der Waals surface area contributed by atoms with Gasteiger partial charge in [0.1, 0.15) is 24.7 Å². The van der Waals surface area contributed by atoms with Crippen LogP contribution in [-0.2, 0) is 13.2 Å². The van der Waals surface area contributed by atoms with E-state index in [-0.39, 0.29) is 12.1 Å². The standard InChI is InChI=1S/C32H32N2O2/c1-3-23-5-9-25(10-6-23)21-35-29-17-13-27(14-18-29)31(33)32(34)28-15-19-30(20-16-28)36-22-26-11-7-24(4-2)8-12-26/h3-20,31-32H,1-2,21-22,33-34H2/t31-,32-/m0/s1. The maximum Gasteiger partial charge on any atom is 0.119 e. The number of benzene rings is 4. The predicted octanol–water partition coefficient (Wildman–Crippen LogP) is 6.83. The molecule has 182 valence electrons. The molecular weight excluding hydrogens is 444 g/mol. The van der Waals surface area contributed by atoms with Gasteiger partial charge in [-0.2, -0.15) is 0 Å². The molecule has 0 radical (unpaired) electrons. The molecule has 4 aromatic rings. The lowest BCUT2D eigenvalue weighted by atomic mass is 9.95. The minimum Gasteiger partial charge on any atom is -0.489 e. The molecule has 36 heavy (non-hydrogen) atoms. The molecule has 0 fully saturated rings. The molecule has 0 spiro atoms. The molecule has 0 aliphatic carbocycles. The molecule has 0 amide bonds. The van der Waals surface area contributed by atoms with E-state index >= 15 is 0 Å². The van der Waals surface area contributed by atoms with Crippen LogP contribution in [0.3, 0.4) is 0 Å². The van der Waals surface area contributed by atoms with Gasteiger partial charge in [-0.1, -0.05) is 98.1 Å². The van der Waals surface area contributed by atoms with Crippen LogP contribution in [0.15, 0.2) is 110 Å². The average molecular weight is 477 g/mol. The average Bonchev–Trinajstić information content (AvgIpc) is 2.95. The smallest absolute Gasteiger partial charge is 0.119 e. The van der Waals surface area contributed by atoms with Crippen molar-refractivity contribution in [3.05, 3.63) is 144 Å². The van der Waals surface area contributed by atoms with Crippen LogP contribution >= 0.6 is 0 Å². The fourth-order valence-electron chi connectivity index (χ4n) is 3.82. The van der Waals surface area contributed by atoms with Gasteiger partial charge >= 0.3 is 0 Å². The third-order valence-electron chi connectivity index (χ3n) is 6.16. The molecule has 0 bridgehead atoms. The van der Waals surface area contributed by atoms with Crippen LogP contribution in [-0.4, -0.2) is 0 Å². The Morgan fingerprint density at radius 3 is 1.17 bits per heavy atom. The second-order valence-electron chi connectivity index (χ2n) is 8.66. The van der Waals surface area contributed by atoms with Crippen molar-refractivity contribution in [2.24, 2.45) is 11.5 Å². The molecule has 4 rings (SSSR count). The molecule has 4 nitrogen and oxygen atoms in total. The lowest BCUT2D eigenvalue weighted by molar-refractivity contribution is 0.306. The highest BCUT2D eigenvalue weighted by atomic mass is 16.5. The SMILES string of the molecule is C=Cc1ccc(COc2ccc([C@H](N)[C@@H](N)c3ccc(OCc4ccc(C=C)cc4)cc3)cc2)cc1. The quantitative estimate of drug-likeness (QED) is 0.249. The van der Waals surface area contributed by atoms with Crippen LogP contribution in [0.2, 0.25) is 0 Å². The van der Waals surface area contributed by atoms with Gasteiger partial charge in [-0.3, -0.25) is 0 Å². The monoisotopic (exact) mass is 476 g/mol. The lowest BCUT2D eigenvalue weighted by Gasteiger charge is -2.21. The van der Waals surface area contributed by atoms with Gasteiger partial charge in [0.05, 0.1) is 0 Å². The van der Waals surface area contributed by atoms with Gasteiger partial charge in [-0.25, -0.2) is 0 Å². The summed E-state index contributed by atoms with van der Waals surface area (Å²) in [6.07, 6.45) is 3.65. The Kier molecular flexibility index (Phi) is 8.35. The van der Waals surface area contributed by atoms with Gasteiger partial charge in [0.25, 0.3) is 0 Å². The summed E-state index contributed by atoms with van der Waals surface area (Å²) in [5.41, 5.74) is 19.3. The molecular formula is C32H32N2O2. The van der Waals surface area contributed by atoms with Crippen molar-refractivity contribution in [3.8, 4) is 11.5 Å². The Balaban J connectivity index is 1.30. The van der Waals surface area contributed by atoms with E-state index in [0.717, 1.165) is 44.9 Å². The second-order valence-corrected chi connectivity index (χ2v) is 8.66. The van der Waals surface area contributed by atoms with Crippen LogP contribution in [0.25, 0.3) is 12.2 Å². The first-order valence-electron chi connectivity index (χ1n) is 11.9. The summed E-state index contributed by atoms with van der Waals surface area (Å²) < 4.78 is 11.8. The summed E-state index contributed by atoms with van der Waals surface area (Å²) in [6, 6.07) is 31.1. The van der Waals surface area contributed by atoms with E-state index in [9.17, 15) is 0 Å². The Morgan fingerprint density at radius 1 is 0.528 bits per heavy atom. The Morgan fingerprint density at radius 2 is 0.861 bits per heavy atom. The minimum atomic E-state index is -0.347. The van der Waals surface area contributed by atoms with Gasteiger partial charge in [0, 0.05) is 12.1 Å². The van der Waals surface area contributed by atoms with Crippen molar-refractivity contribution in [2.45, 2.75) is 25.3 Å². The first kappa shape index (κ1) is 25.0. The van der Waals surface area contributed by atoms with Gasteiger partial charge in [-0.05, 0) is 57.6 Å². The number of ether oxygens (including phenoxy) is 2. The van der Waals surface area contributed by atoms with Gasteiger partial charge in [0.2, 0.25) is 0 Å². The molecule has 0 saturated heterocycles. The van der Waals surface area contributed by atoms with Crippen LogP contribution in [0.4, 0.5) is 0 Å². The van der Waals surface area contributed by atoms with E-state index in [4.69, 9.17) is 20.9 Å². The van der Waals surface area contributed by atoms with E-state index in [0.29, 0.717) is 13.2 Å². The topological polar surface area (TPSA) is 70.5 Å². The predicted molar refractivity (Wildman–Crippen MR) is 148 cm³/mol. The summed E-state index contributed by atoms with van der Waals surface area (Å²) in [6.45, 7) is 8.55. The van der Waals surface area contributed by atoms with Crippen molar-refractivity contribution < 1.29 is 9.47 Å². The first-order chi connectivity index (χ1) is 17.6. The van der Waals surface area contributed by atoms with Crippen molar-refractivity contribution in [1.29, 1.82) is 0 Å². The molecule has 4 aromatic carbocycles. The normalized spacial score (nSPS) is 12.4. The largest absolute Gasteiger partial charge is 0.489 e. The fourth-order valence-corrected chi connectivity index (χ4v) is 3.82. The highest BCUT2D eigenvalue weighted by Gasteiger charge is 2.17. The van der Waals surface area contributed by atoms with Crippen molar-refractivity contribution in [2.75, 3.05) is 0 Å². The minimum absolute atomic E-state index is 0.347. The van der Waals surface area contributed by atoms with E-state index in [1.165, 1.54) is 0 Å². The highest BCUT2D eigenvalue weighted by Crippen LogP contribution is 2.28. The molecule has 0 saturated carbocycles. The van der Waals surface area contributed by atoms with E-state index in [1.54, 1.807) is 0 Å². The summed E-state index contributed by atoms with van der Waals surface area (Å²) >= 11 is 0. The second kappa shape index (κ2) is 12.0. The zero-order valence-electron chi connectivity index (χ0n) is 20.3. The van der Waals surface area contributed by atoms with E-state index in [2.05, 4.69) is 13.2 Å². The van der Waals surface area contributed by atoms with Gasteiger partial charge in [0.15, 0.2) is 0 Å². The molecule has 0 unspecified atom stereocenters. The summed E-state index contributed by atoms with van der Waals surface area (Å²) in [5, 5.41) is 0. The van der Waals surface area contributed by atoms with E-state index in [1.807, 2.05) is 109 Å². The molecule has 0 aliphatic rings. The third-order valence-corrected chi connectivity index (χ3v) is 6.16. The highest BCUT2D eigenvalue weighted by molar-refractivity contribution is 5.48. The summed E-state index contributed by atoms with van der Waals surface area (Å²) in [5.74, 6) is 1.57. The first-order valence-corrected chi connectivity index (χ1v) is 11.9. The van der Waals surface area contributed by atoms with Crippen LogP contribution in [0.5, 0.6) is 11.5 Å². The van der Waals surface area contributed by atoms with Gasteiger partial charge in [-0.15, -0.1) is 0 Å². The van der Waals surface area contributed by atoms with Gasteiger partial charge < -0.3 is 20.9 Å². The Labute approximate surface area is 213 Å². The van der Waals surface area contributed by atoms with E-state index < -0.39 is 0 Å². The number of hydrogen-bond donors (Lipinski definition) is 2. The number of nitrogens with two attached hydrogens (primary N) is 2. The molecule has 4 N–H and O–H groups in total. The summed E-state index contributed by atoms with van der Waals surface area (Å²) in [4.78, 5) is 0. The van der Waals surface area contributed by atoms with Crippen molar-refractivity contribution in [1.82, 2.24) is 0 Å². The Bertz CT molecular complexity index is 1160. The Hall–Kier alpha value is -4.12. The number of rotatable bonds is 11. The zero-order chi connectivity index (χ0) is 25.3. The van der Waals surface area contributed by atoms with Crippen LogP contribution in [0.1, 0.15) is 45.5 Å². The maximum absolute atomic E-state index is 6.50. The summed E-state index contributed by atoms with van der Waals surface area (Å²) in [7, 11) is 0. The lowest BCUT2D eigenvalue weighted by Crippen LogP contribution is -2.26. The van der Waals surface area contributed by atoms with Crippen molar-refractivity contribution in [3.63, 3.8) is 0 Å². The number of hydrogen-bond acceptors (Lipinski definition) is 4. The molecule has 4 heteroatoms. The third kappa shape index (κ3) is 6.51. The zero-order valence-corrected chi connectivity index (χ0v) is 20.3. The molecule has 0 aliphatic heterocycles. The molecule has 0 aromatic heterocycles.